The Morgan fingerprint density at radius 3 is 2.92 bits per heavy atom. The van der Waals surface area contributed by atoms with Crippen molar-refractivity contribution in [2.75, 3.05) is 18.0 Å². The van der Waals surface area contributed by atoms with Crippen molar-refractivity contribution in [3.8, 4) is 0 Å². The summed E-state index contributed by atoms with van der Waals surface area (Å²) in [7, 11) is 0. The molecule has 1 saturated heterocycles. The van der Waals surface area contributed by atoms with Crippen molar-refractivity contribution in [2.45, 2.75) is 38.8 Å². The molecule has 0 radical (unpaired) electrons. The maximum absolute atomic E-state index is 11.9. The number of nitrogens with zero attached hydrogens (tertiary/aromatic N) is 3. The van der Waals surface area contributed by atoms with Crippen LogP contribution >= 0.6 is 11.6 Å². The van der Waals surface area contributed by atoms with Gasteiger partial charge in [-0.1, -0.05) is 11.6 Å². The van der Waals surface area contributed by atoms with Gasteiger partial charge in [-0.05, 0) is 45.4 Å². The van der Waals surface area contributed by atoms with Crippen molar-refractivity contribution in [2.24, 2.45) is 0 Å². The monoisotopic (exact) mass is 348 g/mol. The molecular formula is C17H21ClN4O2. The fourth-order valence-electron chi connectivity index (χ4n) is 2.81. The van der Waals surface area contributed by atoms with E-state index in [-0.39, 0.29) is 12.1 Å². The molecule has 7 heteroatoms. The van der Waals surface area contributed by atoms with Gasteiger partial charge in [0.15, 0.2) is 0 Å². The first-order valence-corrected chi connectivity index (χ1v) is 8.34. The summed E-state index contributed by atoms with van der Waals surface area (Å²) in [6.45, 7) is 7.06. The maximum Gasteiger partial charge on any atom is 0.407 e. The van der Waals surface area contributed by atoms with E-state index in [0.717, 1.165) is 29.7 Å². The minimum atomic E-state index is -0.496. The van der Waals surface area contributed by atoms with Gasteiger partial charge in [-0.2, -0.15) is 0 Å². The Kier molecular flexibility index (Phi) is 4.49. The fraction of sp³-hybridized carbons (Fsp3) is 0.471. The Morgan fingerprint density at radius 1 is 1.38 bits per heavy atom. The minimum absolute atomic E-state index is 0.0390. The molecule has 24 heavy (non-hydrogen) atoms. The van der Waals surface area contributed by atoms with Gasteiger partial charge in [0.25, 0.3) is 0 Å². The van der Waals surface area contributed by atoms with Crippen LogP contribution in [-0.4, -0.2) is 40.8 Å². The van der Waals surface area contributed by atoms with Crippen LogP contribution in [0.3, 0.4) is 0 Å². The lowest BCUT2D eigenvalue weighted by molar-refractivity contribution is 0.0509. The van der Waals surface area contributed by atoms with Crippen LogP contribution in [0.2, 0.25) is 5.02 Å². The van der Waals surface area contributed by atoms with Crippen molar-refractivity contribution < 1.29 is 9.53 Å². The zero-order valence-electron chi connectivity index (χ0n) is 14.0. The number of fused-ring (bicyclic) bond motifs is 1. The molecule has 0 spiro atoms. The van der Waals surface area contributed by atoms with E-state index >= 15 is 0 Å². The minimum Gasteiger partial charge on any atom is -0.444 e. The molecule has 3 rings (SSSR count). The van der Waals surface area contributed by atoms with Gasteiger partial charge in [0.1, 0.15) is 17.7 Å². The Bertz CT molecular complexity index is 760. The molecule has 0 aliphatic carbocycles. The molecule has 1 unspecified atom stereocenters. The molecule has 1 aromatic heterocycles. The highest BCUT2D eigenvalue weighted by molar-refractivity contribution is 6.31. The first-order chi connectivity index (χ1) is 11.3. The molecule has 2 aromatic rings. The number of ether oxygens (including phenoxy) is 1. The van der Waals surface area contributed by atoms with Crippen molar-refractivity contribution in [3.63, 3.8) is 0 Å². The molecular weight excluding hydrogens is 328 g/mol. The largest absolute Gasteiger partial charge is 0.444 e. The highest BCUT2D eigenvalue weighted by Crippen LogP contribution is 2.27. The van der Waals surface area contributed by atoms with Gasteiger partial charge in [-0.15, -0.1) is 0 Å². The molecule has 1 aromatic carbocycles. The average molecular weight is 349 g/mol. The second-order valence-electron chi connectivity index (χ2n) is 6.94. The van der Waals surface area contributed by atoms with Gasteiger partial charge < -0.3 is 15.0 Å². The van der Waals surface area contributed by atoms with E-state index in [4.69, 9.17) is 16.3 Å². The number of hydrogen-bond acceptors (Lipinski definition) is 5. The van der Waals surface area contributed by atoms with Crippen molar-refractivity contribution in [3.05, 3.63) is 29.5 Å². The summed E-state index contributed by atoms with van der Waals surface area (Å²) >= 11 is 6.03. The summed E-state index contributed by atoms with van der Waals surface area (Å²) in [5.74, 6) is 0.866. The number of amides is 1. The molecule has 1 aliphatic heterocycles. The summed E-state index contributed by atoms with van der Waals surface area (Å²) in [6.07, 6.45) is 2.01. The van der Waals surface area contributed by atoms with Crippen molar-refractivity contribution >= 4 is 34.4 Å². The molecule has 1 N–H and O–H groups in total. The second kappa shape index (κ2) is 6.43. The highest BCUT2D eigenvalue weighted by Gasteiger charge is 2.27. The molecule has 6 nitrogen and oxygen atoms in total. The summed E-state index contributed by atoms with van der Waals surface area (Å²) in [5.41, 5.74) is 0.320. The third kappa shape index (κ3) is 3.87. The first kappa shape index (κ1) is 16.8. The quantitative estimate of drug-likeness (QED) is 0.901. The summed E-state index contributed by atoms with van der Waals surface area (Å²) in [6, 6.07) is 5.64. The van der Waals surface area contributed by atoms with Crippen LogP contribution < -0.4 is 10.2 Å². The maximum atomic E-state index is 11.9. The van der Waals surface area contributed by atoms with E-state index in [1.54, 1.807) is 6.33 Å². The van der Waals surface area contributed by atoms with Gasteiger partial charge in [0.05, 0.1) is 11.6 Å². The van der Waals surface area contributed by atoms with Crippen molar-refractivity contribution in [1.29, 1.82) is 0 Å². The van der Waals surface area contributed by atoms with Crippen LogP contribution in [0.1, 0.15) is 27.2 Å². The number of alkyl carbamates (subject to hydrolysis) is 1. The third-order valence-corrected chi connectivity index (χ3v) is 4.02. The van der Waals surface area contributed by atoms with Crippen molar-refractivity contribution in [1.82, 2.24) is 15.3 Å². The first-order valence-electron chi connectivity index (χ1n) is 7.96. The molecule has 0 bridgehead atoms. The Balaban J connectivity index is 1.71. The van der Waals surface area contributed by atoms with Crippen LogP contribution in [0.25, 0.3) is 10.9 Å². The number of carbonyl (C=O) groups is 1. The number of benzene rings is 1. The molecule has 2 heterocycles. The van der Waals surface area contributed by atoms with Crippen LogP contribution in [0.5, 0.6) is 0 Å². The Morgan fingerprint density at radius 2 is 2.17 bits per heavy atom. The van der Waals surface area contributed by atoms with Gasteiger partial charge in [0, 0.05) is 23.5 Å². The average Bonchev–Trinajstić information content (AvgIpc) is 2.92. The predicted octanol–water partition coefficient (Wildman–Crippen LogP) is 3.39. The lowest BCUT2D eigenvalue weighted by atomic mass is 10.2. The lowest BCUT2D eigenvalue weighted by Crippen LogP contribution is -2.40. The number of nitrogens with one attached hydrogen (secondary N) is 1. The molecule has 128 valence electrons. The van der Waals surface area contributed by atoms with E-state index in [9.17, 15) is 4.79 Å². The number of rotatable bonds is 2. The van der Waals surface area contributed by atoms with Crippen LogP contribution in [0.4, 0.5) is 10.6 Å². The Labute approximate surface area is 146 Å². The normalized spacial score (nSPS) is 18.0. The zero-order chi connectivity index (χ0) is 17.3. The lowest BCUT2D eigenvalue weighted by Gasteiger charge is -2.22. The third-order valence-electron chi connectivity index (χ3n) is 3.79. The number of aromatic nitrogens is 2. The number of carbonyl (C=O) groups excluding carboxylic acids is 1. The van der Waals surface area contributed by atoms with Gasteiger partial charge in [-0.25, -0.2) is 14.8 Å². The van der Waals surface area contributed by atoms with Crippen LogP contribution in [0, 0.1) is 0 Å². The van der Waals surface area contributed by atoms with Crippen LogP contribution in [-0.2, 0) is 4.74 Å². The highest BCUT2D eigenvalue weighted by atomic mass is 35.5. The zero-order valence-corrected chi connectivity index (χ0v) is 14.8. The van der Waals surface area contributed by atoms with E-state index in [0.29, 0.717) is 11.6 Å². The predicted molar refractivity (Wildman–Crippen MR) is 94.5 cm³/mol. The van der Waals surface area contributed by atoms with Gasteiger partial charge in [-0.3, -0.25) is 0 Å². The summed E-state index contributed by atoms with van der Waals surface area (Å²) < 4.78 is 5.32. The fourth-order valence-corrected chi connectivity index (χ4v) is 2.98. The van der Waals surface area contributed by atoms with E-state index in [1.165, 1.54) is 0 Å². The van der Waals surface area contributed by atoms with Crippen LogP contribution in [0.15, 0.2) is 24.5 Å². The topological polar surface area (TPSA) is 67.3 Å². The molecule has 1 aliphatic rings. The molecule has 1 amide bonds. The summed E-state index contributed by atoms with van der Waals surface area (Å²) in [4.78, 5) is 22.8. The smallest absolute Gasteiger partial charge is 0.407 e. The molecule has 1 atom stereocenters. The van der Waals surface area contributed by atoms with E-state index in [1.807, 2.05) is 39.0 Å². The Hall–Kier alpha value is -2.08. The number of hydrogen-bond donors (Lipinski definition) is 1. The summed E-state index contributed by atoms with van der Waals surface area (Å²) in [5, 5.41) is 4.53. The van der Waals surface area contributed by atoms with E-state index < -0.39 is 5.60 Å². The number of halogens is 1. The van der Waals surface area contributed by atoms with Gasteiger partial charge in [0.2, 0.25) is 0 Å². The second-order valence-corrected chi connectivity index (χ2v) is 7.37. The van der Waals surface area contributed by atoms with E-state index in [2.05, 4.69) is 20.2 Å². The SMILES string of the molecule is CC(C)(C)OC(=O)NC1CCN(c2ncnc3cc(Cl)ccc23)C1. The molecule has 1 fully saturated rings. The van der Waals surface area contributed by atoms with Gasteiger partial charge >= 0.3 is 6.09 Å². The molecule has 0 saturated carbocycles. The standard InChI is InChI=1S/C17H21ClN4O2/c1-17(2,3)24-16(23)21-12-6-7-22(9-12)15-13-5-4-11(18)8-14(13)19-10-20-15/h4-5,8,10,12H,6-7,9H2,1-3H3,(H,21,23). The number of anilines is 1.